The van der Waals surface area contributed by atoms with Gasteiger partial charge in [0.15, 0.2) is 0 Å². The minimum atomic E-state index is 0.991. The molecular formula is C15H10BrN. The molecule has 0 aliphatic heterocycles. The first-order valence-electron chi connectivity index (χ1n) is 5.45. The Morgan fingerprint density at radius 2 is 1.65 bits per heavy atom. The fourth-order valence-electron chi connectivity index (χ4n) is 1.95. The van der Waals surface area contributed by atoms with Gasteiger partial charge in [-0.15, -0.1) is 0 Å². The van der Waals surface area contributed by atoms with E-state index < -0.39 is 0 Å². The monoisotopic (exact) mass is 283 g/mol. The molecule has 0 saturated carbocycles. The van der Waals surface area contributed by atoms with Crippen LogP contribution in [-0.4, -0.2) is 4.98 Å². The maximum Gasteiger partial charge on any atom is 0.0713 e. The third-order valence-electron chi connectivity index (χ3n) is 2.80. The minimum Gasteiger partial charge on any atom is -0.256 e. The van der Waals surface area contributed by atoms with Gasteiger partial charge in [-0.2, -0.15) is 0 Å². The number of halogens is 1. The molecule has 1 heterocycles. The summed E-state index contributed by atoms with van der Waals surface area (Å²) in [5.41, 5.74) is 2.12. The van der Waals surface area contributed by atoms with E-state index in [2.05, 4.69) is 57.3 Å². The molecule has 0 bridgehead atoms. The molecule has 1 aromatic heterocycles. The van der Waals surface area contributed by atoms with E-state index in [1.165, 1.54) is 10.8 Å². The molecule has 17 heavy (non-hydrogen) atoms. The predicted molar refractivity (Wildman–Crippen MR) is 74.9 cm³/mol. The van der Waals surface area contributed by atoms with Crippen LogP contribution in [0.4, 0.5) is 0 Å². The van der Waals surface area contributed by atoms with Crippen molar-refractivity contribution in [3.05, 3.63) is 65.3 Å². The second kappa shape index (κ2) is 4.30. The summed E-state index contributed by atoms with van der Waals surface area (Å²) in [6.45, 7) is 0. The second-order valence-electron chi connectivity index (χ2n) is 3.86. The van der Waals surface area contributed by atoms with Gasteiger partial charge in [-0.1, -0.05) is 42.5 Å². The lowest BCUT2D eigenvalue weighted by Gasteiger charge is -2.07. The number of fused-ring (bicyclic) bond motifs is 1. The van der Waals surface area contributed by atoms with Crippen LogP contribution in [0.1, 0.15) is 0 Å². The van der Waals surface area contributed by atoms with E-state index in [4.69, 9.17) is 0 Å². The number of hydrogen-bond acceptors (Lipinski definition) is 1. The van der Waals surface area contributed by atoms with Crippen LogP contribution in [0.2, 0.25) is 0 Å². The quantitative estimate of drug-likeness (QED) is 0.633. The molecule has 0 saturated heterocycles. The third kappa shape index (κ3) is 1.85. The average molecular weight is 284 g/mol. The third-order valence-corrected chi connectivity index (χ3v) is 3.66. The summed E-state index contributed by atoms with van der Waals surface area (Å²) in [7, 11) is 0. The summed E-state index contributed by atoms with van der Waals surface area (Å²) in [6.07, 6.45) is 1.82. The van der Waals surface area contributed by atoms with Gasteiger partial charge in [0, 0.05) is 16.2 Å². The van der Waals surface area contributed by atoms with E-state index in [-0.39, 0.29) is 0 Å². The highest BCUT2D eigenvalue weighted by atomic mass is 79.9. The average Bonchev–Trinajstić information content (AvgIpc) is 2.40. The first kappa shape index (κ1) is 10.5. The van der Waals surface area contributed by atoms with Crippen molar-refractivity contribution in [3.8, 4) is 11.3 Å². The van der Waals surface area contributed by atoms with Crippen LogP contribution in [0.25, 0.3) is 22.0 Å². The minimum absolute atomic E-state index is 0.991. The van der Waals surface area contributed by atoms with Crippen molar-refractivity contribution in [2.45, 2.75) is 0 Å². The molecule has 0 unspecified atom stereocenters. The molecule has 2 aromatic carbocycles. The zero-order valence-corrected chi connectivity index (χ0v) is 10.7. The molecule has 2 heteroatoms. The molecule has 1 nitrogen and oxygen atoms in total. The van der Waals surface area contributed by atoms with E-state index in [9.17, 15) is 0 Å². The van der Waals surface area contributed by atoms with Gasteiger partial charge in [0.1, 0.15) is 0 Å². The van der Waals surface area contributed by atoms with E-state index in [0.717, 1.165) is 15.7 Å². The highest BCUT2D eigenvalue weighted by molar-refractivity contribution is 9.10. The lowest BCUT2D eigenvalue weighted by molar-refractivity contribution is 1.32. The SMILES string of the molecule is Brc1c(-c2ccccn2)ccc2ccccc12. The molecule has 0 spiro atoms. The molecule has 0 atom stereocenters. The molecule has 0 N–H and O–H groups in total. The summed E-state index contributed by atoms with van der Waals surface area (Å²) in [4.78, 5) is 4.39. The first-order chi connectivity index (χ1) is 8.36. The number of pyridine rings is 1. The fraction of sp³-hybridized carbons (Fsp3) is 0. The molecule has 0 radical (unpaired) electrons. The van der Waals surface area contributed by atoms with Crippen LogP contribution < -0.4 is 0 Å². The van der Waals surface area contributed by atoms with E-state index in [1.807, 2.05) is 24.4 Å². The van der Waals surface area contributed by atoms with E-state index in [1.54, 1.807) is 0 Å². The molecule has 0 aliphatic carbocycles. The highest BCUT2D eigenvalue weighted by Crippen LogP contribution is 2.33. The van der Waals surface area contributed by atoms with Crippen LogP contribution in [0.3, 0.4) is 0 Å². The molecule has 3 rings (SSSR count). The molecule has 0 amide bonds. The van der Waals surface area contributed by atoms with E-state index >= 15 is 0 Å². The van der Waals surface area contributed by atoms with E-state index in [0.29, 0.717) is 0 Å². The first-order valence-corrected chi connectivity index (χ1v) is 6.24. The summed E-state index contributed by atoms with van der Waals surface area (Å²) < 4.78 is 1.11. The Hall–Kier alpha value is -1.67. The van der Waals surface area contributed by atoms with Gasteiger partial charge in [0.05, 0.1) is 5.69 Å². The molecule has 82 valence electrons. The number of benzene rings is 2. The fourth-order valence-corrected chi connectivity index (χ4v) is 2.65. The van der Waals surface area contributed by atoms with Crippen LogP contribution >= 0.6 is 15.9 Å². The Morgan fingerprint density at radius 3 is 2.47 bits per heavy atom. The normalized spacial score (nSPS) is 10.6. The van der Waals surface area contributed by atoms with Crippen LogP contribution in [-0.2, 0) is 0 Å². The van der Waals surface area contributed by atoms with Gasteiger partial charge < -0.3 is 0 Å². The summed E-state index contributed by atoms with van der Waals surface area (Å²) in [5, 5.41) is 2.45. The standard InChI is InChI=1S/C15H10BrN/c16-15-12-6-2-1-5-11(12)8-9-13(15)14-7-3-4-10-17-14/h1-10H. The van der Waals surface area contributed by atoms with Crippen molar-refractivity contribution >= 4 is 26.7 Å². The summed E-state index contributed by atoms with van der Waals surface area (Å²) in [5.74, 6) is 0. The van der Waals surface area contributed by atoms with Gasteiger partial charge in [-0.3, -0.25) is 4.98 Å². The topological polar surface area (TPSA) is 12.9 Å². The van der Waals surface area contributed by atoms with Gasteiger partial charge in [-0.05, 0) is 38.8 Å². The Kier molecular flexibility index (Phi) is 2.65. The Balaban J connectivity index is 2.29. The van der Waals surface area contributed by atoms with Crippen molar-refractivity contribution in [1.82, 2.24) is 4.98 Å². The second-order valence-corrected chi connectivity index (χ2v) is 4.66. The maximum absolute atomic E-state index is 4.39. The number of rotatable bonds is 1. The van der Waals surface area contributed by atoms with Crippen molar-refractivity contribution < 1.29 is 0 Å². The van der Waals surface area contributed by atoms with Crippen LogP contribution in [0, 0.1) is 0 Å². The van der Waals surface area contributed by atoms with Crippen molar-refractivity contribution in [2.75, 3.05) is 0 Å². The van der Waals surface area contributed by atoms with Crippen molar-refractivity contribution in [3.63, 3.8) is 0 Å². The zero-order chi connectivity index (χ0) is 11.7. The summed E-state index contributed by atoms with van der Waals surface area (Å²) in [6, 6.07) is 18.5. The van der Waals surface area contributed by atoms with Gasteiger partial charge >= 0.3 is 0 Å². The number of nitrogens with zero attached hydrogens (tertiary/aromatic N) is 1. The molecule has 0 aliphatic rings. The predicted octanol–water partition coefficient (Wildman–Crippen LogP) is 4.66. The molecular weight excluding hydrogens is 274 g/mol. The van der Waals surface area contributed by atoms with Crippen LogP contribution in [0.5, 0.6) is 0 Å². The summed E-state index contributed by atoms with van der Waals surface area (Å²) >= 11 is 3.68. The Morgan fingerprint density at radius 1 is 0.824 bits per heavy atom. The van der Waals surface area contributed by atoms with Gasteiger partial charge in [0.2, 0.25) is 0 Å². The van der Waals surface area contributed by atoms with Gasteiger partial charge in [-0.25, -0.2) is 0 Å². The lowest BCUT2D eigenvalue weighted by Crippen LogP contribution is -1.85. The number of aromatic nitrogens is 1. The zero-order valence-electron chi connectivity index (χ0n) is 9.10. The van der Waals surface area contributed by atoms with Crippen molar-refractivity contribution in [2.24, 2.45) is 0 Å². The molecule has 3 aromatic rings. The van der Waals surface area contributed by atoms with Crippen LogP contribution in [0.15, 0.2) is 65.3 Å². The smallest absolute Gasteiger partial charge is 0.0713 e. The van der Waals surface area contributed by atoms with Gasteiger partial charge in [0.25, 0.3) is 0 Å². The maximum atomic E-state index is 4.39. The largest absolute Gasteiger partial charge is 0.256 e. The Bertz CT molecular complexity index is 662. The number of hydrogen-bond donors (Lipinski definition) is 0. The molecule has 0 fully saturated rings. The Labute approximate surface area is 108 Å². The highest BCUT2D eigenvalue weighted by Gasteiger charge is 2.06. The lowest BCUT2D eigenvalue weighted by atomic mass is 10.0. The van der Waals surface area contributed by atoms with Crippen molar-refractivity contribution in [1.29, 1.82) is 0 Å².